The van der Waals surface area contributed by atoms with Gasteiger partial charge < -0.3 is 10.6 Å². The number of anilines is 3. The second-order valence-electron chi connectivity index (χ2n) is 6.92. The molecule has 0 atom stereocenters. The van der Waals surface area contributed by atoms with E-state index in [1.54, 1.807) is 6.20 Å². The van der Waals surface area contributed by atoms with Crippen molar-refractivity contribution in [3.8, 4) is 0 Å². The summed E-state index contributed by atoms with van der Waals surface area (Å²) in [5, 5.41) is 6.68. The highest BCUT2D eigenvalue weighted by atomic mass is 32.2. The Kier molecular flexibility index (Phi) is 7.62. The van der Waals surface area contributed by atoms with Gasteiger partial charge in [0.25, 0.3) is 0 Å². The lowest BCUT2D eigenvalue weighted by Crippen LogP contribution is -2.21. The molecule has 3 aromatic rings. The molecular weight excluding hydrogens is 446 g/mol. The molecule has 0 saturated carbocycles. The molecule has 1 aromatic heterocycles. The number of hydrogen-bond donors (Lipinski definition) is 3. The Labute approximate surface area is 191 Å². The SMILES string of the molecule is C=CC(=O)Nc1ccc(Sc2nc(Nc3ccc(CNS(C)(=O)=O)cc3)ncc2C)cc1. The second kappa shape index (κ2) is 10.4. The molecule has 1 amide bonds. The van der Waals surface area contributed by atoms with Crippen LogP contribution in [0.3, 0.4) is 0 Å². The number of rotatable bonds is 9. The third-order valence-electron chi connectivity index (χ3n) is 4.20. The molecule has 0 aliphatic carbocycles. The first kappa shape index (κ1) is 23.5. The molecule has 2 aromatic carbocycles. The summed E-state index contributed by atoms with van der Waals surface area (Å²) in [4.78, 5) is 21.3. The van der Waals surface area contributed by atoms with Crippen molar-refractivity contribution in [3.05, 3.63) is 78.5 Å². The van der Waals surface area contributed by atoms with Crippen LogP contribution in [-0.4, -0.2) is 30.5 Å². The third kappa shape index (κ3) is 7.19. The van der Waals surface area contributed by atoms with Crippen LogP contribution in [0, 0.1) is 6.92 Å². The first-order valence-corrected chi connectivity index (χ1v) is 12.3. The van der Waals surface area contributed by atoms with Gasteiger partial charge in [0.2, 0.25) is 21.9 Å². The van der Waals surface area contributed by atoms with Gasteiger partial charge in [0.05, 0.1) is 6.26 Å². The molecule has 0 aliphatic heterocycles. The van der Waals surface area contributed by atoms with E-state index < -0.39 is 10.0 Å². The van der Waals surface area contributed by atoms with Crippen molar-refractivity contribution in [1.82, 2.24) is 14.7 Å². The Morgan fingerprint density at radius 2 is 1.75 bits per heavy atom. The van der Waals surface area contributed by atoms with Crippen molar-refractivity contribution in [2.45, 2.75) is 23.4 Å². The molecular formula is C22H23N5O3S2. The molecule has 0 bridgehead atoms. The molecule has 0 fully saturated rings. The fourth-order valence-electron chi connectivity index (χ4n) is 2.55. The molecule has 0 unspecified atom stereocenters. The predicted molar refractivity (Wildman–Crippen MR) is 128 cm³/mol. The summed E-state index contributed by atoms with van der Waals surface area (Å²) >= 11 is 1.49. The Bertz CT molecular complexity index is 1210. The largest absolute Gasteiger partial charge is 0.324 e. The summed E-state index contributed by atoms with van der Waals surface area (Å²) in [5.74, 6) is 0.197. The number of amides is 1. The van der Waals surface area contributed by atoms with E-state index in [1.165, 1.54) is 17.8 Å². The molecule has 10 heteroatoms. The van der Waals surface area contributed by atoms with Crippen molar-refractivity contribution >= 4 is 45.0 Å². The van der Waals surface area contributed by atoms with Crippen LogP contribution in [-0.2, 0) is 21.4 Å². The molecule has 166 valence electrons. The van der Waals surface area contributed by atoms with Crippen LogP contribution in [0.15, 0.2) is 77.3 Å². The van der Waals surface area contributed by atoms with Crippen LogP contribution in [0.2, 0.25) is 0 Å². The van der Waals surface area contributed by atoms with E-state index in [9.17, 15) is 13.2 Å². The molecule has 8 nitrogen and oxygen atoms in total. The van der Waals surface area contributed by atoms with Gasteiger partial charge in [-0.3, -0.25) is 4.79 Å². The number of hydrogen-bond acceptors (Lipinski definition) is 7. The Hall–Kier alpha value is -3.21. The Balaban J connectivity index is 1.66. The van der Waals surface area contributed by atoms with E-state index in [-0.39, 0.29) is 12.5 Å². The van der Waals surface area contributed by atoms with E-state index in [0.717, 1.165) is 33.0 Å². The average molecular weight is 470 g/mol. The number of nitrogens with one attached hydrogen (secondary N) is 3. The number of sulfonamides is 1. The fourth-order valence-corrected chi connectivity index (χ4v) is 3.82. The topological polar surface area (TPSA) is 113 Å². The average Bonchev–Trinajstić information content (AvgIpc) is 2.76. The highest BCUT2D eigenvalue weighted by Crippen LogP contribution is 2.30. The lowest BCUT2D eigenvalue weighted by atomic mass is 10.2. The standard InChI is InChI=1S/C22H23N5O3S2/c1-4-20(28)25-17-9-11-19(12-10-17)31-21-15(2)13-23-22(27-21)26-18-7-5-16(6-8-18)14-24-32(3,29)30/h4-13,24H,1,14H2,2-3H3,(H,25,28)(H,23,26,27). The zero-order chi connectivity index (χ0) is 23.1. The minimum absolute atomic E-state index is 0.233. The molecule has 0 radical (unpaired) electrons. The molecule has 0 aliphatic rings. The highest BCUT2D eigenvalue weighted by Gasteiger charge is 2.08. The summed E-state index contributed by atoms with van der Waals surface area (Å²) in [7, 11) is -3.24. The van der Waals surface area contributed by atoms with E-state index in [2.05, 4.69) is 31.9 Å². The van der Waals surface area contributed by atoms with Crippen molar-refractivity contribution in [1.29, 1.82) is 0 Å². The smallest absolute Gasteiger partial charge is 0.247 e. The monoisotopic (exact) mass is 469 g/mol. The van der Waals surface area contributed by atoms with Crippen molar-refractivity contribution < 1.29 is 13.2 Å². The molecule has 0 spiro atoms. The number of aryl methyl sites for hydroxylation is 1. The lowest BCUT2D eigenvalue weighted by molar-refractivity contribution is -0.111. The van der Waals surface area contributed by atoms with Crippen LogP contribution >= 0.6 is 11.8 Å². The zero-order valence-electron chi connectivity index (χ0n) is 17.6. The van der Waals surface area contributed by atoms with Gasteiger partial charge in [0.15, 0.2) is 0 Å². The Morgan fingerprint density at radius 1 is 1.09 bits per heavy atom. The number of nitrogens with zero attached hydrogens (tertiary/aromatic N) is 2. The van der Waals surface area contributed by atoms with Gasteiger partial charge in [-0.1, -0.05) is 30.5 Å². The zero-order valence-corrected chi connectivity index (χ0v) is 19.3. The normalized spacial score (nSPS) is 11.1. The van der Waals surface area contributed by atoms with E-state index in [4.69, 9.17) is 0 Å². The highest BCUT2D eigenvalue weighted by molar-refractivity contribution is 7.99. The predicted octanol–water partition coefficient (Wildman–Crippen LogP) is 3.85. The van der Waals surface area contributed by atoms with Crippen molar-refractivity contribution in [2.24, 2.45) is 0 Å². The van der Waals surface area contributed by atoms with E-state index in [1.807, 2.05) is 55.5 Å². The van der Waals surface area contributed by atoms with Crippen LogP contribution in [0.4, 0.5) is 17.3 Å². The van der Waals surface area contributed by atoms with Gasteiger partial charge in [-0.25, -0.2) is 23.1 Å². The lowest BCUT2D eigenvalue weighted by Gasteiger charge is -2.10. The fraction of sp³-hybridized carbons (Fsp3) is 0.136. The number of carbonyl (C=O) groups excluding carboxylic acids is 1. The quantitative estimate of drug-likeness (QED) is 0.322. The van der Waals surface area contributed by atoms with E-state index >= 15 is 0 Å². The molecule has 32 heavy (non-hydrogen) atoms. The van der Waals surface area contributed by atoms with Gasteiger partial charge in [0, 0.05) is 34.6 Å². The minimum atomic E-state index is -3.24. The molecule has 1 heterocycles. The summed E-state index contributed by atoms with van der Waals surface area (Å²) < 4.78 is 24.9. The summed E-state index contributed by atoms with van der Waals surface area (Å²) in [6.07, 6.45) is 4.10. The van der Waals surface area contributed by atoms with Crippen LogP contribution in [0.25, 0.3) is 0 Å². The summed E-state index contributed by atoms with van der Waals surface area (Å²) in [6, 6.07) is 14.8. The van der Waals surface area contributed by atoms with Crippen molar-refractivity contribution in [3.63, 3.8) is 0 Å². The number of benzene rings is 2. The van der Waals surface area contributed by atoms with Gasteiger partial charge in [-0.2, -0.15) is 0 Å². The molecule has 3 rings (SSSR count). The van der Waals surface area contributed by atoms with Gasteiger partial charge in [0.1, 0.15) is 5.03 Å². The minimum Gasteiger partial charge on any atom is -0.324 e. The number of carbonyl (C=O) groups is 1. The van der Waals surface area contributed by atoms with E-state index in [0.29, 0.717) is 11.6 Å². The van der Waals surface area contributed by atoms with Gasteiger partial charge in [-0.15, -0.1) is 0 Å². The van der Waals surface area contributed by atoms with Crippen molar-refractivity contribution in [2.75, 3.05) is 16.9 Å². The van der Waals surface area contributed by atoms with Crippen LogP contribution in [0.5, 0.6) is 0 Å². The summed E-state index contributed by atoms with van der Waals surface area (Å²) in [5.41, 5.74) is 3.26. The Morgan fingerprint density at radius 3 is 2.38 bits per heavy atom. The third-order valence-corrected chi connectivity index (χ3v) is 5.98. The van der Waals surface area contributed by atoms with Crippen LogP contribution < -0.4 is 15.4 Å². The summed E-state index contributed by atoms with van der Waals surface area (Å²) in [6.45, 7) is 5.61. The maximum absolute atomic E-state index is 11.4. The molecule has 0 saturated heterocycles. The van der Waals surface area contributed by atoms with Crippen LogP contribution in [0.1, 0.15) is 11.1 Å². The van der Waals surface area contributed by atoms with Gasteiger partial charge >= 0.3 is 0 Å². The number of aromatic nitrogens is 2. The first-order chi connectivity index (χ1) is 15.2. The molecule has 3 N–H and O–H groups in total. The maximum Gasteiger partial charge on any atom is 0.247 e. The van der Waals surface area contributed by atoms with Gasteiger partial charge in [-0.05, 0) is 55.0 Å². The first-order valence-electron chi connectivity index (χ1n) is 9.57. The maximum atomic E-state index is 11.4. The second-order valence-corrected chi connectivity index (χ2v) is 9.81.